The Morgan fingerprint density at radius 2 is 1.84 bits per heavy atom. The Bertz CT molecular complexity index is 842. The molecule has 0 saturated heterocycles. The van der Waals surface area contributed by atoms with Gasteiger partial charge in [0.15, 0.2) is 0 Å². The lowest BCUT2D eigenvalue weighted by molar-refractivity contribution is 0.394. The first kappa shape index (κ1) is 19.1. The van der Waals surface area contributed by atoms with Crippen molar-refractivity contribution in [3.8, 4) is 6.07 Å². The molecular weight excluding hydrogens is 339 g/mol. The Kier molecular flexibility index (Phi) is 6.68. The molecule has 0 aliphatic rings. The molecule has 2 aromatic rings. The first-order valence-corrected chi connectivity index (χ1v) is 9.66. The molecule has 4 nitrogen and oxygen atoms in total. The molecule has 0 atom stereocenters. The lowest BCUT2D eigenvalue weighted by Gasteiger charge is -2.22. The third kappa shape index (κ3) is 5.12. The van der Waals surface area contributed by atoms with Crippen LogP contribution in [0.4, 0.5) is 4.39 Å². The van der Waals surface area contributed by atoms with Gasteiger partial charge in [-0.25, -0.2) is 12.8 Å². The number of sulfonamides is 1. The first-order chi connectivity index (χ1) is 12.0. The second kappa shape index (κ2) is 8.75. The predicted molar refractivity (Wildman–Crippen MR) is 94.7 cm³/mol. The molecule has 0 spiro atoms. The molecule has 0 bridgehead atoms. The second-order valence-corrected chi connectivity index (χ2v) is 7.75. The molecule has 0 aliphatic carbocycles. The van der Waals surface area contributed by atoms with Crippen LogP contribution in [0.5, 0.6) is 0 Å². The number of hydrogen-bond donors (Lipinski definition) is 0. The Hall–Kier alpha value is -2.23. The zero-order valence-electron chi connectivity index (χ0n) is 14.2. The molecule has 0 heterocycles. The zero-order valence-corrected chi connectivity index (χ0v) is 15.0. The summed E-state index contributed by atoms with van der Waals surface area (Å²) in [7, 11) is -3.73. The van der Waals surface area contributed by atoms with E-state index in [1.807, 2.05) is 6.07 Å². The van der Waals surface area contributed by atoms with Gasteiger partial charge in [0, 0.05) is 13.1 Å². The van der Waals surface area contributed by atoms with Crippen LogP contribution in [0, 0.1) is 17.1 Å². The average Bonchev–Trinajstić information content (AvgIpc) is 2.62. The quantitative estimate of drug-likeness (QED) is 0.667. The molecule has 132 valence electrons. The summed E-state index contributed by atoms with van der Waals surface area (Å²) in [5.41, 5.74) is 1.02. The minimum absolute atomic E-state index is 0.102. The van der Waals surface area contributed by atoms with Crippen LogP contribution in [0.1, 0.15) is 37.3 Å². The van der Waals surface area contributed by atoms with Crippen molar-refractivity contribution < 1.29 is 12.8 Å². The molecule has 0 unspecified atom stereocenters. The highest BCUT2D eigenvalue weighted by atomic mass is 32.2. The molecular formula is C19H21FN2O2S. The van der Waals surface area contributed by atoms with E-state index in [1.54, 1.807) is 24.3 Å². The highest BCUT2D eigenvalue weighted by molar-refractivity contribution is 7.89. The Morgan fingerprint density at radius 3 is 2.48 bits per heavy atom. The van der Waals surface area contributed by atoms with E-state index >= 15 is 0 Å². The predicted octanol–water partition coefficient (Wildman–Crippen LogP) is 4.08. The molecule has 0 radical (unpaired) electrons. The van der Waals surface area contributed by atoms with E-state index in [0.717, 1.165) is 24.8 Å². The fourth-order valence-corrected chi connectivity index (χ4v) is 4.00. The second-order valence-electron chi connectivity index (χ2n) is 5.81. The molecule has 6 heteroatoms. The lowest BCUT2D eigenvalue weighted by Crippen LogP contribution is -2.31. The van der Waals surface area contributed by atoms with Gasteiger partial charge in [0.25, 0.3) is 0 Å². The summed E-state index contributed by atoms with van der Waals surface area (Å²) in [5.74, 6) is -0.356. The van der Waals surface area contributed by atoms with Gasteiger partial charge in [-0.05, 0) is 42.3 Å². The monoisotopic (exact) mass is 360 g/mol. The van der Waals surface area contributed by atoms with Crippen LogP contribution in [0.25, 0.3) is 0 Å². The maximum atomic E-state index is 13.1. The van der Waals surface area contributed by atoms with E-state index in [4.69, 9.17) is 5.26 Å². The van der Waals surface area contributed by atoms with Crippen LogP contribution < -0.4 is 0 Å². The van der Waals surface area contributed by atoms with Gasteiger partial charge in [0.2, 0.25) is 10.0 Å². The summed E-state index contributed by atoms with van der Waals surface area (Å²) in [4.78, 5) is 0.102. The maximum Gasteiger partial charge on any atom is 0.243 e. The average molecular weight is 360 g/mol. The number of benzene rings is 2. The minimum Gasteiger partial charge on any atom is -0.207 e. The fourth-order valence-electron chi connectivity index (χ4n) is 2.49. The molecule has 0 fully saturated rings. The van der Waals surface area contributed by atoms with E-state index < -0.39 is 10.0 Å². The van der Waals surface area contributed by atoms with Crippen LogP contribution in [0.2, 0.25) is 0 Å². The third-order valence-corrected chi connectivity index (χ3v) is 5.73. The summed E-state index contributed by atoms with van der Waals surface area (Å²) in [6.45, 7) is 2.60. The van der Waals surface area contributed by atoms with Crippen LogP contribution >= 0.6 is 0 Å². The van der Waals surface area contributed by atoms with Crippen molar-refractivity contribution in [1.82, 2.24) is 4.31 Å². The molecule has 0 aromatic heterocycles. The number of nitrogens with zero attached hydrogens (tertiary/aromatic N) is 2. The first-order valence-electron chi connectivity index (χ1n) is 8.22. The molecule has 2 rings (SSSR count). The summed E-state index contributed by atoms with van der Waals surface area (Å²) in [6, 6.07) is 13.8. The van der Waals surface area contributed by atoms with Gasteiger partial charge in [0.1, 0.15) is 5.82 Å². The minimum atomic E-state index is -3.73. The molecule has 0 saturated carbocycles. The maximum absolute atomic E-state index is 13.1. The zero-order chi connectivity index (χ0) is 18.3. The summed E-state index contributed by atoms with van der Waals surface area (Å²) in [5, 5.41) is 9.01. The fraction of sp³-hybridized carbons (Fsp3) is 0.316. The van der Waals surface area contributed by atoms with Crippen molar-refractivity contribution in [3.63, 3.8) is 0 Å². The van der Waals surface area contributed by atoms with E-state index in [9.17, 15) is 12.8 Å². The van der Waals surface area contributed by atoms with Gasteiger partial charge in [-0.1, -0.05) is 38.0 Å². The Labute approximate surface area is 148 Å². The standard InChI is InChI=1S/C19H21FN2O2S/c1-2-3-4-12-22(15-16-8-10-18(20)11-9-16)25(23,24)19-7-5-6-17(13-19)14-21/h5-11,13H,2-4,12,15H2,1H3. The van der Waals surface area contributed by atoms with E-state index in [1.165, 1.54) is 28.6 Å². The van der Waals surface area contributed by atoms with Gasteiger partial charge >= 0.3 is 0 Å². The molecule has 0 N–H and O–H groups in total. The Morgan fingerprint density at radius 1 is 1.12 bits per heavy atom. The van der Waals surface area contributed by atoms with Gasteiger partial charge in [-0.2, -0.15) is 9.57 Å². The Balaban J connectivity index is 2.31. The summed E-state index contributed by atoms with van der Waals surface area (Å²) in [6.07, 6.45) is 2.65. The number of hydrogen-bond acceptors (Lipinski definition) is 3. The van der Waals surface area contributed by atoms with Crippen LogP contribution in [0.15, 0.2) is 53.4 Å². The van der Waals surface area contributed by atoms with Crippen LogP contribution in [0.3, 0.4) is 0 Å². The van der Waals surface area contributed by atoms with Crippen LogP contribution in [-0.2, 0) is 16.6 Å². The molecule has 0 aliphatic heterocycles. The van der Waals surface area contributed by atoms with Crippen molar-refractivity contribution in [3.05, 3.63) is 65.5 Å². The number of unbranched alkanes of at least 4 members (excludes halogenated alkanes) is 2. The van der Waals surface area contributed by atoms with E-state index in [2.05, 4.69) is 6.92 Å². The van der Waals surface area contributed by atoms with Gasteiger partial charge in [0.05, 0.1) is 16.5 Å². The molecule has 0 amide bonds. The lowest BCUT2D eigenvalue weighted by atomic mass is 10.2. The highest BCUT2D eigenvalue weighted by Gasteiger charge is 2.24. The number of halogens is 1. The van der Waals surface area contributed by atoms with Gasteiger partial charge in [-0.15, -0.1) is 0 Å². The summed E-state index contributed by atoms with van der Waals surface area (Å²) >= 11 is 0. The largest absolute Gasteiger partial charge is 0.243 e. The van der Waals surface area contributed by atoms with Gasteiger partial charge < -0.3 is 0 Å². The van der Waals surface area contributed by atoms with Crippen molar-refractivity contribution in [2.24, 2.45) is 0 Å². The topological polar surface area (TPSA) is 61.2 Å². The van der Waals surface area contributed by atoms with Crippen molar-refractivity contribution in [1.29, 1.82) is 5.26 Å². The third-order valence-electron chi connectivity index (χ3n) is 3.88. The number of rotatable bonds is 8. The molecule has 25 heavy (non-hydrogen) atoms. The summed E-state index contributed by atoms with van der Waals surface area (Å²) < 4.78 is 40.5. The number of nitriles is 1. The normalized spacial score (nSPS) is 11.4. The van der Waals surface area contributed by atoms with E-state index in [0.29, 0.717) is 12.1 Å². The highest BCUT2D eigenvalue weighted by Crippen LogP contribution is 2.20. The van der Waals surface area contributed by atoms with Crippen molar-refractivity contribution in [2.75, 3.05) is 6.54 Å². The van der Waals surface area contributed by atoms with Crippen molar-refractivity contribution >= 4 is 10.0 Å². The molecule has 2 aromatic carbocycles. The van der Waals surface area contributed by atoms with Crippen LogP contribution in [-0.4, -0.2) is 19.3 Å². The van der Waals surface area contributed by atoms with Gasteiger partial charge in [-0.3, -0.25) is 0 Å². The van der Waals surface area contributed by atoms with E-state index in [-0.39, 0.29) is 17.3 Å². The SMILES string of the molecule is CCCCCN(Cc1ccc(F)cc1)S(=O)(=O)c1cccc(C#N)c1. The smallest absolute Gasteiger partial charge is 0.207 e. The van der Waals surface area contributed by atoms with Crippen molar-refractivity contribution in [2.45, 2.75) is 37.6 Å².